The molecule has 0 fully saturated rings. The Bertz CT molecular complexity index is 278. The Hall–Kier alpha value is -1.43. The third-order valence-corrected chi connectivity index (χ3v) is 1.96. The molecule has 0 aliphatic rings. The van der Waals surface area contributed by atoms with Crippen molar-refractivity contribution in [3.63, 3.8) is 0 Å². The van der Waals surface area contributed by atoms with Crippen LogP contribution < -0.4 is 11.5 Å². The monoisotopic (exact) mass is 229 g/mol. The van der Waals surface area contributed by atoms with Crippen molar-refractivity contribution in [2.24, 2.45) is 16.9 Å². The summed E-state index contributed by atoms with van der Waals surface area (Å²) in [5, 5.41) is 0. The molecule has 0 saturated heterocycles. The number of carbonyl (C=O) groups is 3. The third-order valence-electron chi connectivity index (χ3n) is 1.96. The van der Waals surface area contributed by atoms with Gasteiger partial charge in [-0.2, -0.15) is 0 Å². The third kappa shape index (κ3) is 6.13. The van der Waals surface area contributed by atoms with E-state index in [9.17, 15) is 14.4 Å². The number of Topliss-reactive ketones (excluding diaryl/α,β-unsaturated/α-hetero) is 1. The zero-order chi connectivity index (χ0) is 12.9. The summed E-state index contributed by atoms with van der Waals surface area (Å²) in [4.78, 5) is 34.5. The first kappa shape index (κ1) is 14.6. The number of amides is 2. The van der Waals surface area contributed by atoms with E-state index in [1.807, 2.05) is 0 Å². The van der Waals surface area contributed by atoms with Gasteiger partial charge < -0.3 is 11.5 Å². The zero-order valence-electron chi connectivity index (χ0n) is 9.95. The van der Waals surface area contributed by atoms with E-state index in [1.165, 1.54) is 4.90 Å². The fraction of sp³-hybridized carbons (Fsp3) is 0.700. The maximum Gasteiger partial charge on any atom is 0.231 e. The molecule has 6 nitrogen and oxygen atoms in total. The van der Waals surface area contributed by atoms with Gasteiger partial charge in [-0.25, -0.2) is 0 Å². The molecule has 0 saturated carbocycles. The molecule has 0 aliphatic heterocycles. The van der Waals surface area contributed by atoms with E-state index in [-0.39, 0.29) is 25.4 Å². The average Bonchev–Trinajstić information content (AvgIpc) is 1.98. The summed E-state index contributed by atoms with van der Waals surface area (Å²) < 4.78 is 0. The highest BCUT2D eigenvalue weighted by molar-refractivity contribution is 5.87. The Morgan fingerprint density at radius 1 is 0.938 bits per heavy atom. The van der Waals surface area contributed by atoms with E-state index >= 15 is 0 Å². The second-order valence-electron chi connectivity index (χ2n) is 4.75. The number of rotatable bonds is 6. The average molecular weight is 229 g/mol. The van der Waals surface area contributed by atoms with Crippen LogP contribution in [0, 0.1) is 5.41 Å². The summed E-state index contributed by atoms with van der Waals surface area (Å²) in [6.07, 6.45) is 0. The van der Waals surface area contributed by atoms with Gasteiger partial charge in [0.05, 0.1) is 19.6 Å². The fourth-order valence-corrected chi connectivity index (χ4v) is 1.05. The van der Waals surface area contributed by atoms with E-state index in [1.54, 1.807) is 20.8 Å². The maximum absolute atomic E-state index is 11.7. The molecule has 6 heteroatoms. The smallest absolute Gasteiger partial charge is 0.231 e. The first-order chi connectivity index (χ1) is 7.12. The van der Waals surface area contributed by atoms with Gasteiger partial charge in [-0.3, -0.25) is 19.3 Å². The van der Waals surface area contributed by atoms with Crippen molar-refractivity contribution in [1.29, 1.82) is 0 Å². The van der Waals surface area contributed by atoms with Crippen molar-refractivity contribution < 1.29 is 14.4 Å². The van der Waals surface area contributed by atoms with Crippen molar-refractivity contribution in [3.8, 4) is 0 Å². The summed E-state index contributed by atoms with van der Waals surface area (Å²) >= 11 is 0. The van der Waals surface area contributed by atoms with Crippen LogP contribution in [0.3, 0.4) is 0 Å². The predicted octanol–water partition coefficient (Wildman–Crippen LogP) is -1.13. The van der Waals surface area contributed by atoms with Crippen molar-refractivity contribution in [2.45, 2.75) is 20.8 Å². The standard InChI is InChI=1S/C10H19N3O3/c1-10(2,3)7(14)4-13(5-8(11)15)6-9(12)16/h4-6H2,1-3H3,(H2,11,15)(H2,12,16). The Kier molecular flexibility index (Phi) is 5.10. The van der Waals surface area contributed by atoms with Gasteiger partial charge >= 0.3 is 0 Å². The number of ketones is 1. The van der Waals surface area contributed by atoms with Crippen LogP contribution in [0.5, 0.6) is 0 Å². The lowest BCUT2D eigenvalue weighted by Crippen LogP contribution is -2.44. The van der Waals surface area contributed by atoms with Crippen LogP contribution >= 0.6 is 0 Å². The molecular weight excluding hydrogens is 210 g/mol. The van der Waals surface area contributed by atoms with Crippen molar-refractivity contribution in [2.75, 3.05) is 19.6 Å². The Morgan fingerprint density at radius 2 is 1.31 bits per heavy atom. The number of nitrogens with zero attached hydrogens (tertiary/aromatic N) is 1. The second kappa shape index (κ2) is 5.60. The Morgan fingerprint density at radius 3 is 1.56 bits per heavy atom. The van der Waals surface area contributed by atoms with E-state index < -0.39 is 17.2 Å². The quantitative estimate of drug-likeness (QED) is 0.601. The minimum Gasteiger partial charge on any atom is -0.369 e. The van der Waals surface area contributed by atoms with Crippen LogP contribution in [0.15, 0.2) is 0 Å². The first-order valence-corrected chi connectivity index (χ1v) is 4.95. The maximum atomic E-state index is 11.7. The second-order valence-corrected chi connectivity index (χ2v) is 4.75. The molecule has 0 spiro atoms. The van der Waals surface area contributed by atoms with Gasteiger partial charge in [-0.1, -0.05) is 20.8 Å². The van der Waals surface area contributed by atoms with Crippen LogP contribution in [-0.2, 0) is 14.4 Å². The Labute approximate surface area is 94.9 Å². The molecule has 0 rings (SSSR count). The molecule has 0 aromatic carbocycles. The highest BCUT2D eigenvalue weighted by Crippen LogP contribution is 2.14. The van der Waals surface area contributed by atoms with Crippen molar-refractivity contribution in [1.82, 2.24) is 4.90 Å². The van der Waals surface area contributed by atoms with Gasteiger partial charge in [0.15, 0.2) is 5.78 Å². The molecule has 0 aromatic rings. The summed E-state index contributed by atoms with van der Waals surface area (Å²) in [5.74, 6) is -1.26. The molecule has 0 unspecified atom stereocenters. The lowest BCUT2D eigenvalue weighted by Gasteiger charge is -2.23. The molecule has 0 aliphatic carbocycles. The lowest BCUT2D eigenvalue weighted by molar-refractivity contribution is -0.129. The number of primary amides is 2. The van der Waals surface area contributed by atoms with Gasteiger partial charge in [-0.15, -0.1) is 0 Å². The molecule has 0 radical (unpaired) electrons. The minimum atomic E-state index is -0.594. The molecule has 16 heavy (non-hydrogen) atoms. The molecule has 0 atom stereocenters. The van der Waals surface area contributed by atoms with Gasteiger partial charge in [-0.05, 0) is 0 Å². The fourth-order valence-electron chi connectivity index (χ4n) is 1.05. The van der Waals surface area contributed by atoms with Crippen LogP contribution in [0.25, 0.3) is 0 Å². The van der Waals surface area contributed by atoms with E-state index in [0.717, 1.165) is 0 Å². The molecule has 4 N–H and O–H groups in total. The molecule has 0 heterocycles. The largest absolute Gasteiger partial charge is 0.369 e. The summed E-state index contributed by atoms with van der Waals surface area (Å²) in [5.41, 5.74) is 9.50. The van der Waals surface area contributed by atoms with Gasteiger partial charge in [0, 0.05) is 5.41 Å². The summed E-state index contributed by atoms with van der Waals surface area (Å²) in [6.45, 7) is 5.00. The van der Waals surface area contributed by atoms with Crippen molar-refractivity contribution in [3.05, 3.63) is 0 Å². The first-order valence-electron chi connectivity index (χ1n) is 4.95. The molecule has 0 bridgehead atoms. The van der Waals surface area contributed by atoms with E-state index in [2.05, 4.69) is 0 Å². The minimum absolute atomic E-state index is 0.00458. The van der Waals surface area contributed by atoms with Gasteiger partial charge in [0.1, 0.15) is 0 Å². The van der Waals surface area contributed by atoms with Crippen molar-refractivity contribution >= 4 is 17.6 Å². The van der Waals surface area contributed by atoms with Gasteiger partial charge in [0.25, 0.3) is 0 Å². The zero-order valence-corrected chi connectivity index (χ0v) is 9.95. The summed E-state index contributed by atoms with van der Waals surface area (Å²) in [6, 6.07) is 0. The summed E-state index contributed by atoms with van der Waals surface area (Å²) in [7, 11) is 0. The normalized spacial score (nSPS) is 11.5. The van der Waals surface area contributed by atoms with Gasteiger partial charge in [0.2, 0.25) is 11.8 Å². The molecule has 0 aromatic heterocycles. The van der Waals surface area contributed by atoms with Crippen LogP contribution in [0.4, 0.5) is 0 Å². The number of nitrogens with two attached hydrogens (primary N) is 2. The van der Waals surface area contributed by atoms with Crippen LogP contribution in [-0.4, -0.2) is 42.1 Å². The lowest BCUT2D eigenvalue weighted by atomic mass is 9.90. The highest BCUT2D eigenvalue weighted by atomic mass is 16.2. The van der Waals surface area contributed by atoms with E-state index in [0.29, 0.717) is 0 Å². The number of hydrogen-bond donors (Lipinski definition) is 2. The molecule has 2 amide bonds. The van der Waals surface area contributed by atoms with E-state index in [4.69, 9.17) is 11.5 Å². The van der Waals surface area contributed by atoms with Crippen LogP contribution in [0.2, 0.25) is 0 Å². The van der Waals surface area contributed by atoms with Crippen LogP contribution in [0.1, 0.15) is 20.8 Å². The number of hydrogen-bond acceptors (Lipinski definition) is 4. The predicted molar refractivity (Wildman–Crippen MR) is 59.3 cm³/mol. The SMILES string of the molecule is CC(C)(C)C(=O)CN(CC(N)=O)CC(N)=O. The topological polar surface area (TPSA) is 106 Å². The molecular formula is C10H19N3O3. The number of carbonyl (C=O) groups excluding carboxylic acids is 3. The Balaban J connectivity index is 4.48. The molecule has 92 valence electrons. The highest BCUT2D eigenvalue weighted by Gasteiger charge is 2.24.